The minimum absolute atomic E-state index is 0.0388. The van der Waals surface area contributed by atoms with Crippen LogP contribution in [0.3, 0.4) is 0 Å². The van der Waals surface area contributed by atoms with Gasteiger partial charge in [-0.15, -0.1) is 0 Å². The molecule has 1 aliphatic heterocycles. The zero-order valence-electron chi connectivity index (χ0n) is 17.8. The van der Waals surface area contributed by atoms with Crippen LogP contribution in [0, 0.1) is 0 Å². The molecule has 3 rings (SSSR count). The zero-order chi connectivity index (χ0) is 24.1. The van der Waals surface area contributed by atoms with Crippen LogP contribution >= 0.6 is 0 Å². The highest BCUT2D eigenvalue weighted by molar-refractivity contribution is 5.96. The minimum Gasteiger partial charge on any atom is -0.481 e. The Morgan fingerprint density at radius 1 is 1.27 bits per heavy atom. The summed E-state index contributed by atoms with van der Waals surface area (Å²) in [5, 5.41) is 26.6. The molecule has 0 spiro atoms. The second-order valence-corrected chi connectivity index (χ2v) is 7.55. The molecule has 1 aliphatic rings. The van der Waals surface area contributed by atoms with Crippen LogP contribution in [-0.4, -0.2) is 70.2 Å². The van der Waals surface area contributed by atoms with Crippen molar-refractivity contribution in [1.82, 2.24) is 15.3 Å². The highest BCUT2D eigenvalue weighted by Crippen LogP contribution is 2.25. The van der Waals surface area contributed by atoms with Crippen molar-refractivity contribution in [2.24, 2.45) is 0 Å². The van der Waals surface area contributed by atoms with Gasteiger partial charge in [0.1, 0.15) is 11.7 Å². The highest BCUT2D eigenvalue weighted by atomic mass is 16.4. The van der Waals surface area contributed by atoms with E-state index in [0.29, 0.717) is 24.6 Å². The summed E-state index contributed by atoms with van der Waals surface area (Å²) in [6.45, 7) is 1.01. The van der Waals surface area contributed by atoms with Crippen LogP contribution in [-0.2, 0) is 9.59 Å². The summed E-state index contributed by atoms with van der Waals surface area (Å²) in [6.07, 6.45) is -0.586. The van der Waals surface area contributed by atoms with Gasteiger partial charge in [0.2, 0.25) is 5.95 Å². The molecular weight excluding hydrogens is 440 g/mol. The number of carboxylic acids is 2. The summed E-state index contributed by atoms with van der Waals surface area (Å²) in [4.78, 5) is 54.9. The number of anilines is 4. The molecule has 176 valence electrons. The molecule has 13 heteroatoms. The molecule has 8 N–H and O–H groups in total. The number of hydrogen-bond donors (Lipinski definition) is 7. The number of rotatable bonds is 9. The number of hydrogen-bond acceptors (Lipinski definition) is 9. The SMILES string of the molecule is CN1c2c(nc(N)[nH]c2=O)NCC1CN[13c]1[13cH][13cH][13c](C(=O)N[C@@H](CCC(=O)O)C(=O)O)[13cH][13cH]1. The van der Waals surface area contributed by atoms with Gasteiger partial charge in [-0.2, -0.15) is 4.98 Å². The van der Waals surface area contributed by atoms with E-state index in [-0.39, 0.29) is 36.0 Å². The molecule has 2 heterocycles. The average Bonchev–Trinajstić information content (AvgIpc) is 2.75. The Morgan fingerprint density at radius 2 is 1.97 bits per heavy atom. The molecule has 0 saturated heterocycles. The first-order valence-corrected chi connectivity index (χ1v) is 10.1. The number of amides is 1. The lowest BCUT2D eigenvalue weighted by Gasteiger charge is -2.35. The third-order valence-corrected chi connectivity index (χ3v) is 5.26. The van der Waals surface area contributed by atoms with Crippen molar-refractivity contribution in [1.29, 1.82) is 0 Å². The first kappa shape index (κ1) is 23.4. The Kier molecular flexibility index (Phi) is 7.00. The first-order valence-electron chi connectivity index (χ1n) is 10.1. The number of H-pyrrole nitrogens is 1. The number of carbonyl (C=O) groups excluding carboxylic acids is 1. The third kappa shape index (κ3) is 5.70. The second-order valence-electron chi connectivity index (χ2n) is 7.55. The van der Waals surface area contributed by atoms with E-state index in [9.17, 15) is 24.3 Å². The van der Waals surface area contributed by atoms with E-state index in [0.717, 1.165) is 5.69 Å². The van der Waals surface area contributed by atoms with Crippen LogP contribution < -0.4 is 32.1 Å². The van der Waals surface area contributed by atoms with Gasteiger partial charge in [0.15, 0.2) is 5.82 Å². The number of nitrogens with two attached hydrogens (primary N) is 1. The van der Waals surface area contributed by atoms with Crippen LogP contribution in [0.15, 0.2) is 29.1 Å². The van der Waals surface area contributed by atoms with Gasteiger partial charge in [0.25, 0.3) is 11.5 Å². The number of carbonyl (C=O) groups is 3. The van der Waals surface area contributed by atoms with E-state index >= 15 is 0 Å². The van der Waals surface area contributed by atoms with Crippen molar-refractivity contribution in [2.75, 3.05) is 41.4 Å². The lowest BCUT2D eigenvalue weighted by atomic mass is 10.1. The number of nitrogens with one attached hydrogen (secondary N) is 4. The number of carboxylic acid groups (broad SMARTS) is 2. The smallest absolute Gasteiger partial charge is 0.326 e. The Hall–Kier alpha value is -4.29. The summed E-state index contributed by atoms with van der Waals surface area (Å²) in [5.41, 5.74) is 6.59. The van der Waals surface area contributed by atoms with E-state index in [1.54, 1.807) is 19.2 Å². The molecule has 33 heavy (non-hydrogen) atoms. The van der Waals surface area contributed by atoms with Crippen LogP contribution in [0.1, 0.15) is 23.2 Å². The summed E-state index contributed by atoms with van der Waals surface area (Å²) >= 11 is 0. The second kappa shape index (κ2) is 9.89. The Bertz CT molecular complexity index is 1100. The lowest BCUT2D eigenvalue weighted by molar-refractivity contribution is -0.140. The standard InChI is InChI=1S/C20H25N7O6/c1-27-12(9-23-16-15(27)18(31)26-20(21)25-16)8-22-11-4-2-10(3-5-11)17(30)24-13(19(32)33)6-7-14(28)29/h2-5,12-13,22H,6-9H2,1H3,(H,24,30)(H,28,29)(H,32,33)(H4,21,23,25,26,31)/t12?,13-/m0/s1/i2+1,3+1,4+1,5+1,10+1,11+1. The monoisotopic (exact) mass is 465 g/mol. The van der Waals surface area contributed by atoms with Crippen molar-refractivity contribution < 1.29 is 24.6 Å². The summed E-state index contributed by atoms with van der Waals surface area (Å²) < 4.78 is 0. The van der Waals surface area contributed by atoms with Gasteiger partial charge >= 0.3 is 11.9 Å². The summed E-state index contributed by atoms with van der Waals surface area (Å²) in [6, 6.07) is 5.03. The van der Waals surface area contributed by atoms with E-state index in [1.807, 2.05) is 4.90 Å². The van der Waals surface area contributed by atoms with Gasteiger partial charge in [0, 0.05) is 37.8 Å². The number of nitrogen functional groups attached to an aromatic ring is 1. The van der Waals surface area contributed by atoms with Gasteiger partial charge in [-0.05, 0) is 30.7 Å². The fourth-order valence-electron chi connectivity index (χ4n) is 3.42. The molecule has 0 aliphatic carbocycles. The molecule has 13 nitrogen and oxygen atoms in total. The van der Waals surface area contributed by atoms with Crippen LogP contribution in [0.2, 0.25) is 0 Å². The number of aliphatic carboxylic acids is 2. The van der Waals surface area contributed by atoms with Gasteiger partial charge in [-0.3, -0.25) is 19.4 Å². The average molecular weight is 465 g/mol. The van der Waals surface area contributed by atoms with Crippen molar-refractivity contribution in [3.8, 4) is 0 Å². The molecule has 0 saturated carbocycles. The topological polar surface area (TPSA) is 203 Å². The number of aromatic amines is 1. The van der Waals surface area contributed by atoms with E-state index in [2.05, 4.69) is 25.9 Å². The number of nitrogens with zero attached hydrogens (tertiary/aromatic N) is 2. The molecule has 0 radical (unpaired) electrons. The molecule has 1 aromatic heterocycles. The third-order valence-electron chi connectivity index (χ3n) is 5.26. The maximum Gasteiger partial charge on any atom is 0.326 e. The number of fused-ring (bicyclic) bond motifs is 1. The fourth-order valence-corrected chi connectivity index (χ4v) is 3.42. The van der Waals surface area contributed by atoms with Crippen LogP contribution in [0.25, 0.3) is 0 Å². The quantitative estimate of drug-likeness (QED) is 0.257. The maximum atomic E-state index is 12.3. The van der Waals surface area contributed by atoms with Gasteiger partial charge in [-0.25, -0.2) is 4.79 Å². The van der Waals surface area contributed by atoms with E-state index < -0.39 is 23.9 Å². The van der Waals surface area contributed by atoms with Gasteiger partial charge < -0.3 is 36.8 Å². The van der Waals surface area contributed by atoms with Gasteiger partial charge in [-0.1, -0.05) is 0 Å². The predicted octanol–water partition coefficient (Wildman–Crippen LogP) is -0.258. The molecule has 0 bridgehead atoms. The first-order chi connectivity index (χ1) is 15.7. The summed E-state index contributed by atoms with van der Waals surface area (Å²) in [5.74, 6) is -2.59. The number of likely N-dealkylation sites (N-methyl/N-ethyl adjacent to an activating group) is 1. The van der Waals surface area contributed by atoms with Crippen molar-refractivity contribution in [3.63, 3.8) is 0 Å². The normalized spacial score (nSPS) is 15.7. The van der Waals surface area contributed by atoms with Crippen molar-refractivity contribution in [2.45, 2.75) is 24.9 Å². The van der Waals surface area contributed by atoms with Gasteiger partial charge in [0.05, 0.1) is 6.04 Å². The number of aromatic nitrogens is 2. The van der Waals surface area contributed by atoms with E-state index in [4.69, 9.17) is 10.8 Å². The molecule has 2 atom stereocenters. The molecular formula is C20H25N7O6. The maximum absolute atomic E-state index is 12.3. The van der Waals surface area contributed by atoms with Crippen molar-refractivity contribution in [3.05, 3.63) is 40.2 Å². The molecule has 1 unspecified atom stereocenters. The minimum atomic E-state index is -1.30. The van der Waals surface area contributed by atoms with E-state index in [1.165, 1.54) is 12.1 Å². The Morgan fingerprint density at radius 3 is 2.61 bits per heavy atom. The predicted molar refractivity (Wildman–Crippen MR) is 121 cm³/mol. The van der Waals surface area contributed by atoms with Crippen LogP contribution in [0.4, 0.5) is 23.1 Å². The van der Waals surface area contributed by atoms with Crippen LogP contribution in [0.5, 0.6) is 0 Å². The Balaban J connectivity index is 1.58. The Labute approximate surface area is 188 Å². The zero-order valence-corrected chi connectivity index (χ0v) is 17.8. The molecule has 1 aromatic carbocycles. The molecule has 0 fully saturated rings. The lowest BCUT2D eigenvalue weighted by Crippen LogP contribution is -2.48. The molecule has 2 aromatic rings. The van der Waals surface area contributed by atoms with Crippen molar-refractivity contribution >= 4 is 41.0 Å². The largest absolute Gasteiger partial charge is 0.481 e. The summed E-state index contributed by atoms with van der Waals surface area (Å²) in [7, 11) is 1.79. The highest BCUT2D eigenvalue weighted by Gasteiger charge is 2.27. The molecule has 1 amide bonds. The fraction of sp³-hybridized carbons (Fsp3) is 0.350. The number of benzene rings is 1.